The van der Waals surface area contributed by atoms with Gasteiger partial charge in [-0.25, -0.2) is 4.39 Å². The van der Waals surface area contributed by atoms with Crippen LogP contribution in [0.25, 0.3) is 0 Å². The van der Waals surface area contributed by atoms with E-state index in [1.165, 1.54) is 24.8 Å². The number of nitrogens with one attached hydrogen (secondary N) is 1. The van der Waals surface area contributed by atoms with Crippen molar-refractivity contribution < 1.29 is 13.9 Å². The number of anilines is 1. The van der Waals surface area contributed by atoms with E-state index in [1.54, 1.807) is 12.1 Å². The summed E-state index contributed by atoms with van der Waals surface area (Å²) in [6, 6.07) is 13.4. The second-order valence-corrected chi connectivity index (χ2v) is 11.7. The monoisotopic (exact) mass is 532 g/mol. The number of aliphatic imine (C=N–C) groups is 1. The molecule has 39 heavy (non-hydrogen) atoms. The molecule has 3 heterocycles. The molecule has 0 unspecified atom stereocenters. The van der Waals surface area contributed by atoms with Crippen molar-refractivity contribution in [3.8, 4) is 0 Å². The summed E-state index contributed by atoms with van der Waals surface area (Å²) in [6.07, 6.45) is 7.98. The summed E-state index contributed by atoms with van der Waals surface area (Å²) in [5.41, 5.74) is 5.25. The van der Waals surface area contributed by atoms with Crippen LogP contribution in [0.3, 0.4) is 0 Å². The largest absolute Gasteiger partial charge is 0.378 e. The number of piperidine rings is 1. The SMILES string of the molecule is O=C(NC1CCC(CCN2CCC(C3=NCc4ccc(F)cc43)CC2)CC1)c1ccc(N2CCOCC2)cc1. The third-order valence-corrected chi connectivity index (χ3v) is 9.28. The Morgan fingerprint density at radius 2 is 1.69 bits per heavy atom. The topological polar surface area (TPSA) is 57.2 Å². The fourth-order valence-corrected chi connectivity index (χ4v) is 6.83. The van der Waals surface area contributed by atoms with E-state index in [-0.39, 0.29) is 17.8 Å². The smallest absolute Gasteiger partial charge is 0.251 e. The Morgan fingerprint density at radius 1 is 0.949 bits per heavy atom. The van der Waals surface area contributed by atoms with Gasteiger partial charge in [0.25, 0.3) is 5.91 Å². The van der Waals surface area contributed by atoms with Gasteiger partial charge in [0.2, 0.25) is 0 Å². The Hall–Kier alpha value is -2.77. The summed E-state index contributed by atoms with van der Waals surface area (Å²) in [6.45, 7) is 7.39. The lowest BCUT2D eigenvalue weighted by Crippen LogP contribution is -2.39. The summed E-state index contributed by atoms with van der Waals surface area (Å²) in [4.78, 5) is 22.5. The minimum atomic E-state index is -0.159. The van der Waals surface area contributed by atoms with Crippen molar-refractivity contribution in [2.45, 2.75) is 57.5 Å². The molecule has 1 aliphatic carbocycles. The third-order valence-electron chi connectivity index (χ3n) is 9.28. The van der Waals surface area contributed by atoms with E-state index in [0.717, 1.165) is 100 Å². The van der Waals surface area contributed by atoms with Crippen molar-refractivity contribution in [2.75, 3.05) is 50.8 Å². The highest BCUT2D eigenvalue weighted by Crippen LogP contribution is 2.31. The van der Waals surface area contributed by atoms with Crippen LogP contribution in [-0.4, -0.2) is 68.5 Å². The van der Waals surface area contributed by atoms with Gasteiger partial charge in [0.1, 0.15) is 5.82 Å². The average molecular weight is 533 g/mol. The summed E-state index contributed by atoms with van der Waals surface area (Å²) < 4.78 is 19.2. The summed E-state index contributed by atoms with van der Waals surface area (Å²) in [5.74, 6) is 1.09. The highest BCUT2D eigenvalue weighted by Gasteiger charge is 2.29. The van der Waals surface area contributed by atoms with Crippen LogP contribution in [0.4, 0.5) is 10.1 Å². The Kier molecular flexibility index (Phi) is 8.26. The van der Waals surface area contributed by atoms with Crippen molar-refractivity contribution in [2.24, 2.45) is 16.8 Å². The molecule has 2 aromatic rings. The first-order valence-corrected chi connectivity index (χ1v) is 14.9. The van der Waals surface area contributed by atoms with Gasteiger partial charge in [0.15, 0.2) is 0 Å². The van der Waals surface area contributed by atoms with E-state index in [1.807, 2.05) is 18.2 Å². The fraction of sp³-hybridized carbons (Fsp3) is 0.562. The molecule has 2 saturated heterocycles. The molecule has 6 rings (SSSR count). The lowest BCUT2D eigenvalue weighted by atomic mass is 9.83. The zero-order chi connectivity index (χ0) is 26.6. The van der Waals surface area contributed by atoms with E-state index < -0.39 is 0 Å². The number of ether oxygens (including phenoxy) is 1. The van der Waals surface area contributed by atoms with Crippen LogP contribution in [0.15, 0.2) is 47.5 Å². The number of nitrogens with zero attached hydrogens (tertiary/aromatic N) is 3. The van der Waals surface area contributed by atoms with Crippen LogP contribution < -0.4 is 10.2 Å². The molecule has 0 spiro atoms. The normalized spacial score (nSPS) is 24.3. The highest BCUT2D eigenvalue weighted by atomic mass is 19.1. The zero-order valence-electron chi connectivity index (χ0n) is 22.9. The van der Waals surface area contributed by atoms with Gasteiger partial charge in [-0.3, -0.25) is 9.79 Å². The number of carbonyl (C=O) groups is 1. The number of halogens is 1. The van der Waals surface area contributed by atoms with Crippen molar-refractivity contribution >= 4 is 17.3 Å². The second kappa shape index (κ2) is 12.2. The van der Waals surface area contributed by atoms with Crippen molar-refractivity contribution in [3.05, 3.63) is 65.0 Å². The van der Waals surface area contributed by atoms with Gasteiger partial charge in [0, 0.05) is 47.6 Å². The minimum Gasteiger partial charge on any atom is -0.378 e. The number of fused-ring (bicyclic) bond motifs is 1. The number of amides is 1. The van der Waals surface area contributed by atoms with Gasteiger partial charge in [-0.15, -0.1) is 0 Å². The molecular formula is C32H41FN4O2. The molecular weight excluding hydrogens is 491 g/mol. The molecule has 3 aliphatic heterocycles. The Labute approximate surface area is 231 Å². The van der Waals surface area contributed by atoms with Crippen LogP contribution in [0.2, 0.25) is 0 Å². The molecule has 4 aliphatic rings. The molecule has 208 valence electrons. The molecule has 0 aromatic heterocycles. The third kappa shape index (κ3) is 6.36. The maximum Gasteiger partial charge on any atom is 0.251 e. The number of rotatable bonds is 7. The number of hydrogen-bond acceptors (Lipinski definition) is 5. The molecule has 6 nitrogen and oxygen atoms in total. The molecule has 0 radical (unpaired) electrons. The van der Waals surface area contributed by atoms with Gasteiger partial charge < -0.3 is 19.9 Å². The summed E-state index contributed by atoms with van der Waals surface area (Å²) in [7, 11) is 0. The maximum absolute atomic E-state index is 13.8. The van der Waals surface area contributed by atoms with E-state index in [9.17, 15) is 9.18 Å². The number of likely N-dealkylation sites (tertiary alicyclic amines) is 1. The highest BCUT2D eigenvalue weighted by molar-refractivity contribution is 6.05. The molecule has 7 heteroatoms. The Morgan fingerprint density at radius 3 is 2.44 bits per heavy atom. The van der Waals surface area contributed by atoms with E-state index in [2.05, 4.69) is 27.2 Å². The van der Waals surface area contributed by atoms with E-state index in [0.29, 0.717) is 12.5 Å². The predicted molar refractivity (Wildman–Crippen MR) is 153 cm³/mol. The van der Waals surface area contributed by atoms with Crippen molar-refractivity contribution in [1.29, 1.82) is 0 Å². The minimum absolute atomic E-state index is 0.0482. The van der Waals surface area contributed by atoms with E-state index in [4.69, 9.17) is 9.73 Å². The fourth-order valence-electron chi connectivity index (χ4n) is 6.83. The van der Waals surface area contributed by atoms with E-state index >= 15 is 0 Å². The number of carbonyl (C=O) groups excluding carboxylic acids is 1. The zero-order valence-corrected chi connectivity index (χ0v) is 22.9. The average Bonchev–Trinajstić information content (AvgIpc) is 3.40. The number of morpholine rings is 1. The number of benzene rings is 2. The van der Waals surface area contributed by atoms with Crippen molar-refractivity contribution in [3.63, 3.8) is 0 Å². The van der Waals surface area contributed by atoms with Gasteiger partial charge in [-0.2, -0.15) is 0 Å². The standard InChI is InChI=1S/C32H41FN4O2/c33-27-6-3-26-22-34-31(30(26)21-27)24-12-15-36(16-13-24)14-11-23-1-7-28(8-2-23)35-32(38)25-4-9-29(10-5-25)37-17-19-39-20-18-37/h3-6,9-10,21,23-24,28H,1-2,7-8,11-20,22H2,(H,35,38). The van der Waals surface area contributed by atoms with Crippen LogP contribution in [0, 0.1) is 17.7 Å². The second-order valence-electron chi connectivity index (χ2n) is 11.7. The molecule has 2 aromatic carbocycles. The molecule has 3 fully saturated rings. The first-order chi connectivity index (χ1) is 19.1. The number of hydrogen-bond donors (Lipinski definition) is 1. The molecule has 1 N–H and O–H groups in total. The molecule has 1 amide bonds. The Balaban J connectivity index is 0.895. The molecule has 0 atom stereocenters. The summed E-state index contributed by atoms with van der Waals surface area (Å²) in [5, 5.41) is 3.28. The van der Waals surface area contributed by atoms with Crippen LogP contribution in [0.1, 0.15) is 66.4 Å². The quantitative estimate of drug-likeness (QED) is 0.542. The first-order valence-electron chi connectivity index (χ1n) is 14.9. The van der Waals surface area contributed by atoms with Gasteiger partial charge in [-0.05, 0) is 112 Å². The Bertz CT molecular complexity index is 1160. The van der Waals surface area contributed by atoms with Crippen LogP contribution in [-0.2, 0) is 11.3 Å². The van der Waals surface area contributed by atoms with Crippen LogP contribution in [0.5, 0.6) is 0 Å². The lowest BCUT2D eigenvalue weighted by molar-refractivity contribution is 0.0919. The predicted octanol–water partition coefficient (Wildman–Crippen LogP) is 5.06. The van der Waals surface area contributed by atoms with Crippen LogP contribution >= 0.6 is 0 Å². The maximum atomic E-state index is 13.8. The molecule has 1 saturated carbocycles. The first kappa shape index (κ1) is 26.5. The van der Waals surface area contributed by atoms with Gasteiger partial charge >= 0.3 is 0 Å². The van der Waals surface area contributed by atoms with Crippen molar-refractivity contribution in [1.82, 2.24) is 10.2 Å². The summed E-state index contributed by atoms with van der Waals surface area (Å²) >= 11 is 0. The lowest BCUT2D eigenvalue weighted by Gasteiger charge is -2.34. The van der Waals surface area contributed by atoms with Gasteiger partial charge in [0.05, 0.1) is 19.8 Å². The van der Waals surface area contributed by atoms with Gasteiger partial charge in [-0.1, -0.05) is 6.07 Å². The molecule has 0 bridgehead atoms.